The van der Waals surface area contributed by atoms with E-state index in [0.29, 0.717) is 17.8 Å². The number of hydrogen-bond acceptors (Lipinski definition) is 5. The highest BCUT2D eigenvalue weighted by Crippen LogP contribution is 2.41. The average Bonchev–Trinajstić information content (AvgIpc) is 3.59. The SMILES string of the molecule is Nc1nccn2c(C3CC(NC4CC4)C3)nc(-c3ccc4ccc(-c5ccccc5)nc4c3)c12. The Balaban J connectivity index is 1.30. The molecule has 0 bridgehead atoms. The zero-order valence-electron chi connectivity index (χ0n) is 18.9. The molecule has 3 heterocycles. The minimum atomic E-state index is 0.433. The van der Waals surface area contributed by atoms with Crippen molar-refractivity contribution in [2.45, 2.75) is 43.7 Å². The molecule has 5 aromatic rings. The molecule has 0 amide bonds. The fraction of sp³-hybridized carbons (Fsp3) is 0.250. The van der Waals surface area contributed by atoms with Gasteiger partial charge in [-0.25, -0.2) is 15.0 Å². The monoisotopic (exact) mass is 446 g/mol. The summed E-state index contributed by atoms with van der Waals surface area (Å²) in [5, 5.41) is 4.85. The lowest BCUT2D eigenvalue weighted by Crippen LogP contribution is -2.41. The average molecular weight is 447 g/mol. The molecular formula is C28H26N6. The first-order chi connectivity index (χ1) is 16.7. The lowest BCUT2D eigenvalue weighted by molar-refractivity contribution is 0.279. The van der Waals surface area contributed by atoms with E-state index in [9.17, 15) is 0 Å². The van der Waals surface area contributed by atoms with E-state index in [4.69, 9.17) is 15.7 Å². The van der Waals surface area contributed by atoms with Crippen LogP contribution in [0.4, 0.5) is 5.82 Å². The van der Waals surface area contributed by atoms with Gasteiger partial charge in [-0.15, -0.1) is 0 Å². The molecule has 2 aliphatic carbocycles. The first kappa shape index (κ1) is 19.7. The number of nitrogens with two attached hydrogens (primary N) is 1. The number of rotatable bonds is 5. The van der Waals surface area contributed by atoms with Crippen molar-refractivity contribution in [3.8, 4) is 22.5 Å². The van der Waals surface area contributed by atoms with Gasteiger partial charge in [-0.1, -0.05) is 48.5 Å². The lowest BCUT2D eigenvalue weighted by Gasteiger charge is -2.35. The lowest BCUT2D eigenvalue weighted by atomic mass is 9.79. The Labute approximate surface area is 197 Å². The van der Waals surface area contributed by atoms with Gasteiger partial charge in [-0.2, -0.15) is 0 Å². The van der Waals surface area contributed by atoms with Crippen molar-refractivity contribution in [3.63, 3.8) is 0 Å². The predicted octanol–water partition coefficient (Wildman–Crippen LogP) is 5.19. The maximum atomic E-state index is 6.38. The second-order valence-electron chi connectivity index (χ2n) is 9.63. The highest BCUT2D eigenvalue weighted by atomic mass is 15.1. The Morgan fingerprint density at radius 2 is 1.71 bits per heavy atom. The number of nitrogens with one attached hydrogen (secondary N) is 1. The number of pyridine rings is 1. The Morgan fingerprint density at radius 3 is 2.53 bits per heavy atom. The second-order valence-corrected chi connectivity index (χ2v) is 9.63. The van der Waals surface area contributed by atoms with E-state index in [1.54, 1.807) is 6.20 Å². The normalized spacial score (nSPS) is 20.0. The molecule has 2 saturated carbocycles. The van der Waals surface area contributed by atoms with Crippen molar-refractivity contribution < 1.29 is 0 Å². The van der Waals surface area contributed by atoms with Crippen LogP contribution in [0.1, 0.15) is 37.4 Å². The molecule has 34 heavy (non-hydrogen) atoms. The number of fused-ring (bicyclic) bond motifs is 2. The third kappa shape index (κ3) is 3.33. The highest BCUT2D eigenvalue weighted by Gasteiger charge is 2.37. The van der Waals surface area contributed by atoms with Gasteiger partial charge in [-0.05, 0) is 37.8 Å². The van der Waals surface area contributed by atoms with Crippen molar-refractivity contribution in [2.75, 3.05) is 5.73 Å². The largest absolute Gasteiger partial charge is 0.382 e. The maximum Gasteiger partial charge on any atom is 0.150 e. The van der Waals surface area contributed by atoms with Gasteiger partial charge >= 0.3 is 0 Å². The molecule has 2 aliphatic rings. The van der Waals surface area contributed by atoms with Crippen molar-refractivity contribution in [1.29, 1.82) is 0 Å². The summed E-state index contributed by atoms with van der Waals surface area (Å²) in [6.45, 7) is 0. The van der Waals surface area contributed by atoms with E-state index in [2.05, 4.69) is 57.2 Å². The van der Waals surface area contributed by atoms with Crippen LogP contribution >= 0.6 is 0 Å². The van der Waals surface area contributed by atoms with Gasteiger partial charge in [0.05, 0.1) is 11.2 Å². The molecule has 3 N–H and O–H groups in total. The van der Waals surface area contributed by atoms with Crippen LogP contribution in [0.25, 0.3) is 38.9 Å². The third-order valence-corrected chi connectivity index (χ3v) is 7.20. The zero-order valence-corrected chi connectivity index (χ0v) is 18.9. The minimum Gasteiger partial charge on any atom is -0.382 e. The van der Waals surface area contributed by atoms with Crippen LogP contribution in [0.2, 0.25) is 0 Å². The number of hydrogen-bond donors (Lipinski definition) is 2. The Morgan fingerprint density at radius 1 is 0.882 bits per heavy atom. The van der Waals surface area contributed by atoms with Crippen molar-refractivity contribution in [2.24, 2.45) is 0 Å². The number of nitrogen functional groups attached to an aromatic ring is 1. The van der Waals surface area contributed by atoms with E-state index in [-0.39, 0.29) is 0 Å². The van der Waals surface area contributed by atoms with Gasteiger partial charge in [0.1, 0.15) is 22.9 Å². The molecule has 0 unspecified atom stereocenters. The fourth-order valence-electron chi connectivity index (χ4n) is 5.16. The highest BCUT2D eigenvalue weighted by molar-refractivity contribution is 5.91. The zero-order chi connectivity index (χ0) is 22.6. The van der Waals surface area contributed by atoms with E-state index in [0.717, 1.165) is 63.6 Å². The Bertz CT molecular complexity index is 1510. The molecule has 2 aromatic carbocycles. The Hall–Kier alpha value is -3.77. The fourth-order valence-corrected chi connectivity index (χ4v) is 5.16. The molecule has 168 valence electrons. The molecule has 3 aromatic heterocycles. The van der Waals surface area contributed by atoms with Gasteiger partial charge in [0.25, 0.3) is 0 Å². The standard InChI is InChI=1S/C28H26N6/c29-27-26-25(33-28(34(26)13-12-30-27)20-14-22(15-20)31-21-9-10-21)19-7-6-18-8-11-23(32-24(18)16-19)17-4-2-1-3-5-17/h1-8,11-13,16,20-22,31H,9-10,14-15H2,(H2,29,30). The smallest absolute Gasteiger partial charge is 0.150 e. The van der Waals surface area contributed by atoms with Gasteiger partial charge in [-0.3, -0.25) is 4.40 Å². The summed E-state index contributed by atoms with van der Waals surface area (Å²) < 4.78 is 2.15. The van der Waals surface area contributed by atoms with Crippen LogP contribution in [-0.4, -0.2) is 31.4 Å². The van der Waals surface area contributed by atoms with E-state index >= 15 is 0 Å². The quantitative estimate of drug-likeness (QED) is 0.388. The number of anilines is 1. The molecule has 0 saturated heterocycles. The summed E-state index contributed by atoms with van der Waals surface area (Å²) >= 11 is 0. The Kier molecular flexibility index (Phi) is 4.42. The van der Waals surface area contributed by atoms with Crippen LogP contribution in [0.5, 0.6) is 0 Å². The maximum absolute atomic E-state index is 6.38. The first-order valence-corrected chi connectivity index (χ1v) is 12.1. The van der Waals surface area contributed by atoms with Crippen molar-refractivity contribution in [1.82, 2.24) is 24.7 Å². The molecule has 7 rings (SSSR count). The first-order valence-electron chi connectivity index (χ1n) is 12.1. The van der Waals surface area contributed by atoms with Gasteiger partial charge in [0, 0.05) is 46.9 Å². The van der Waals surface area contributed by atoms with E-state index < -0.39 is 0 Å². The summed E-state index contributed by atoms with van der Waals surface area (Å²) in [6.07, 6.45) is 8.65. The molecular weight excluding hydrogens is 420 g/mol. The van der Waals surface area contributed by atoms with Crippen LogP contribution in [0.3, 0.4) is 0 Å². The van der Waals surface area contributed by atoms with Gasteiger partial charge < -0.3 is 11.1 Å². The van der Waals surface area contributed by atoms with E-state index in [1.165, 1.54) is 12.8 Å². The molecule has 0 radical (unpaired) electrons. The molecule has 2 fully saturated rings. The second kappa shape index (κ2) is 7.64. The van der Waals surface area contributed by atoms with Crippen LogP contribution in [0, 0.1) is 0 Å². The minimum absolute atomic E-state index is 0.433. The molecule has 0 spiro atoms. The molecule has 6 nitrogen and oxygen atoms in total. The summed E-state index contributed by atoms with van der Waals surface area (Å²) in [5.74, 6) is 2.02. The molecule has 0 atom stereocenters. The molecule has 6 heteroatoms. The number of imidazole rings is 1. The number of aromatic nitrogens is 4. The van der Waals surface area contributed by atoms with Crippen molar-refractivity contribution in [3.05, 3.63) is 78.9 Å². The number of nitrogens with zero attached hydrogens (tertiary/aromatic N) is 4. The van der Waals surface area contributed by atoms with Gasteiger partial charge in [0.2, 0.25) is 0 Å². The van der Waals surface area contributed by atoms with Crippen molar-refractivity contribution >= 4 is 22.2 Å². The summed E-state index contributed by atoms with van der Waals surface area (Å²) in [5.41, 5.74) is 12.2. The summed E-state index contributed by atoms with van der Waals surface area (Å²) in [4.78, 5) is 14.5. The molecule has 0 aliphatic heterocycles. The van der Waals surface area contributed by atoms with Crippen LogP contribution in [-0.2, 0) is 0 Å². The van der Waals surface area contributed by atoms with Crippen LogP contribution in [0.15, 0.2) is 73.1 Å². The van der Waals surface area contributed by atoms with Crippen LogP contribution < -0.4 is 11.1 Å². The third-order valence-electron chi connectivity index (χ3n) is 7.20. The predicted molar refractivity (Wildman–Crippen MR) is 135 cm³/mol. The summed E-state index contributed by atoms with van der Waals surface area (Å²) in [6, 6.07) is 22.2. The summed E-state index contributed by atoms with van der Waals surface area (Å²) in [7, 11) is 0. The van der Waals surface area contributed by atoms with Gasteiger partial charge in [0.15, 0.2) is 0 Å². The van der Waals surface area contributed by atoms with E-state index in [1.807, 2.05) is 24.4 Å². The topological polar surface area (TPSA) is 81.1 Å². The number of benzene rings is 2.